The van der Waals surface area contributed by atoms with Crippen molar-refractivity contribution in [3.8, 4) is 11.9 Å². The SMILES string of the molecule is CC(C)(C)Oc1cc(Nc2ccc(C#N)cc2F)ncn1. The molecule has 1 heterocycles. The van der Waals surface area contributed by atoms with Gasteiger partial charge in [0.2, 0.25) is 5.88 Å². The summed E-state index contributed by atoms with van der Waals surface area (Å²) in [6.45, 7) is 5.72. The van der Waals surface area contributed by atoms with Gasteiger partial charge in [0.05, 0.1) is 17.3 Å². The van der Waals surface area contributed by atoms with E-state index in [1.54, 1.807) is 6.07 Å². The van der Waals surface area contributed by atoms with Gasteiger partial charge in [0.1, 0.15) is 23.6 Å². The van der Waals surface area contributed by atoms with Crippen LogP contribution < -0.4 is 10.1 Å². The zero-order valence-corrected chi connectivity index (χ0v) is 12.0. The summed E-state index contributed by atoms with van der Waals surface area (Å²) in [5.74, 6) is 0.285. The predicted molar refractivity (Wildman–Crippen MR) is 76.8 cm³/mol. The predicted octanol–water partition coefficient (Wildman–Crippen LogP) is 3.41. The minimum Gasteiger partial charge on any atom is -0.472 e. The number of aromatic nitrogens is 2. The highest BCUT2D eigenvalue weighted by molar-refractivity contribution is 5.58. The van der Waals surface area contributed by atoms with Gasteiger partial charge in [0, 0.05) is 6.07 Å². The Kier molecular flexibility index (Phi) is 4.03. The second-order valence-electron chi connectivity index (χ2n) is 5.39. The average molecular weight is 286 g/mol. The highest BCUT2D eigenvalue weighted by atomic mass is 19.1. The molecule has 108 valence electrons. The number of ether oxygens (including phenoxy) is 1. The Labute approximate surface area is 122 Å². The minimum absolute atomic E-state index is 0.231. The topological polar surface area (TPSA) is 70.8 Å². The fourth-order valence-corrected chi connectivity index (χ4v) is 1.60. The van der Waals surface area contributed by atoms with Gasteiger partial charge >= 0.3 is 0 Å². The van der Waals surface area contributed by atoms with Crippen LogP contribution in [0.15, 0.2) is 30.6 Å². The first-order valence-electron chi connectivity index (χ1n) is 6.35. The molecule has 0 radical (unpaired) electrons. The van der Waals surface area contributed by atoms with Crippen LogP contribution in [0.4, 0.5) is 15.9 Å². The van der Waals surface area contributed by atoms with Gasteiger partial charge in [0.15, 0.2) is 0 Å². The second-order valence-corrected chi connectivity index (χ2v) is 5.39. The first-order valence-corrected chi connectivity index (χ1v) is 6.35. The van der Waals surface area contributed by atoms with Crippen LogP contribution in [0.3, 0.4) is 0 Å². The van der Waals surface area contributed by atoms with E-state index in [-0.39, 0.29) is 16.9 Å². The molecule has 0 atom stereocenters. The first kappa shape index (κ1) is 14.7. The summed E-state index contributed by atoms with van der Waals surface area (Å²) in [6, 6.07) is 7.64. The molecular formula is C15H15FN4O. The van der Waals surface area contributed by atoms with Crippen molar-refractivity contribution < 1.29 is 9.13 Å². The Bertz CT molecular complexity index is 689. The van der Waals surface area contributed by atoms with E-state index in [0.29, 0.717) is 11.7 Å². The molecule has 21 heavy (non-hydrogen) atoms. The van der Waals surface area contributed by atoms with Crippen molar-refractivity contribution >= 4 is 11.5 Å². The van der Waals surface area contributed by atoms with Gasteiger partial charge in [-0.2, -0.15) is 5.26 Å². The zero-order chi connectivity index (χ0) is 15.5. The van der Waals surface area contributed by atoms with E-state index in [4.69, 9.17) is 10.00 Å². The normalized spacial score (nSPS) is 10.8. The summed E-state index contributed by atoms with van der Waals surface area (Å²) < 4.78 is 19.4. The largest absolute Gasteiger partial charge is 0.472 e. The molecule has 0 unspecified atom stereocenters. The summed E-state index contributed by atoms with van der Waals surface area (Å²) in [4.78, 5) is 8.02. The zero-order valence-electron chi connectivity index (χ0n) is 12.0. The smallest absolute Gasteiger partial charge is 0.218 e. The number of nitriles is 1. The van der Waals surface area contributed by atoms with E-state index in [2.05, 4.69) is 15.3 Å². The summed E-state index contributed by atoms with van der Waals surface area (Å²) in [5.41, 5.74) is 0.109. The van der Waals surface area contributed by atoms with E-state index in [9.17, 15) is 4.39 Å². The molecule has 0 spiro atoms. The van der Waals surface area contributed by atoms with Gasteiger partial charge in [-0.3, -0.25) is 0 Å². The monoisotopic (exact) mass is 286 g/mol. The third-order valence-electron chi connectivity index (χ3n) is 2.41. The maximum absolute atomic E-state index is 13.8. The molecule has 0 saturated heterocycles. The van der Waals surface area contributed by atoms with Crippen LogP contribution in [0.2, 0.25) is 0 Å². The molecular weight excluding hydrogens is 271 g/mol. The van der Waals surface area contributed by atoms with Crippen LogP contribution in [0.25, 0.3) is 0 Å². The van der Waals surface area contributed by atoms with E-state index >= 15 is 0 Å². The molecule has 0 fully saturated rings. The third-order valence-corrected chi connectivity index (χ3v) is 2.41. The first-order chi connectivity index (χ1) is 9.87. The van der Waals surface area contributed by atoms with Crippen LogP contribution in [-0.4, -0.2) is 15.6 Å². The summed E-state index contributed by atoms with van der Waals surface area (Å²) in [5, 5.41) is 11.5. The molecule has 0 bridgehead atoms. The van der Waals surface area contributed by atoms with Crippen molar-refractivity contribution in [2.75, 3.05) is 5.32 Å². The van der Waals surface area contributed by atoms with Crippen molar-refractivity contribution in [1.82, 2.24) is 9.97 Å². The Balaban J connectivity index is 2.20. The third kappa shape index (κ3) is 4.14. The van der Waals surface area contributed by atoms with Gasteiger partial charge in [-0.1, -0.05) is 0 Å². The number of hydrogen-bond acceptors (Lipinski definition) is 5. The lowest BCUT2D eigenvalue weighted by atomic mass is 10.2. The van der Waals surface area contributed by atoms with Gasteiger partial charge in [0.25, 0.3) is 0 Å². The number of hydrogen-bond donors (Lipinski definition) is 1. The standard InChI is InChI=1S/C15H15FN4O/c1-15(2,3)21-14-7-13(18-9-19-14)20-12-5-4-10(8-17)6-11(12)16/h4-7,9H,1-3H3,(H,18,19,20). The molecule has 0 saturated carbocycles. The molecule has 1 aromatic heterocycles. The van der Waals surface area contributed by atoms with E-state index in [0.717, 1.165) is 6.07 Å². The van der Waals surface area contributed by atoms with Gasteiger partial charge in [-0.05, 0) is 39.0 Å². The van der Waals surface area contributed by atoms with Crippen molar-refractivity contribution in [3.63, 3.8) is 0 Å². The molecule has 2 aromatic rings. The molecule has 1 N–H and O–H groups in total. The highest BCUT2D eigenvalue weighted by Crippen LogP contribution is 2.22. The Hall–Kier alpha value is -2.68. The molecule has 0 aliphatic carbocycles. The summed E-state index contributed by atoms with van der Waals surface area (Å²) >= 11 is 0. The van der Waals surface area contributed by atoms with Crippen LogP contribution in [0.5, 0.6) is 5.88 Å². The number of rotatable bonds is 3. The summed E-state index contributed by atoms with van der Waals surface area (Å²) in [6.07, 6.45) is 1.34. The van der Waals surface area contributed by atoms with Crippen molar-refractivity contribution in [2.45, 2.75) is 26.4 Å². The van der Waals surface area contributed by atoms with Crippen molar-refractivity contribution in [2.24, 2.45) is 0 Å². The van der Waals surface area contributed by atoms with Crippen LogP contribution >= 0.6 is 0 Å². The maximum atomic E-state index is 13.8. The van der Waals surface area contributed by atoms with Crippen LogP contribution in [0.1, 0.15) is 26.3 Å². The molecule has 5 nitrogen and oxygen atoms in total. The van der Waals surface area contributed by atoms with Gasteiger partial charge < -0.3 is 10.1 Å². The number of halogens is 1. The molecule has 0 amide bonds. The van der Waals surface area contributed by atoms with Crippen LogP contribution in [0, 0.1) is 17.1 Å². The average Bonchev–Trinajstić information content (AvgIpc) is 2.39. The van der Waals surface area contributed by atoms with Gasteiger partial charge in [-0.15, -0.1) is 0 Å². The Morgan fingerprint density at radius 1 is 1.24 bits per heavy atom. The van der Waals surface area contributed by atoms with Gasteiger partial charge in [-0.25, -0.2) is 14.4 Å². The summed E-state index contributed by atoms with van der Waals surface area (Å²) in [7, 11) is 0. The number of nitrogens with zero attached hydrogens (tertiary/aromatic N) is 3. The molecule has 1 aromatic carbocycles. The minimum atomic E-state index is -0.522. The van der Waals surface area contributed by atoms with E-state index in [1.807, 2.05) is 26.8 Å². The fourth-order valence-electron chi connectivity index (χ4n) is 1.60. The van der Waals surface area contributed by atoms with Crippen LogP contribution in [-0.2, 0) is 0 Å². The van der Waals surface area contributed by atoms with E-state index < -0.39 is 5.82 Å². The molecule has 6 heteroatoms. The Morgan fingerprint density at radius 2 is 2.00 bits per heavy atom. The Morgan fingerprint density at radius 3 is 2.62 bits per heavy atom. The number of nitrogens with one attached hydrogen (secondary N) is 1. The number of anilines is 2. The quantitative estimate of drug-likeness (QED) is 0.936. The molecule has 0 aliphatic rings. The van der Waals surface area contributed by atoms with Crippen molar-refractivity contribution in [3.05, 3.63) is 42.0 Å². The lowest BCUT2D eigenvalue weighted by molar-refractivity contribution is 0.124. The fraction of sp³-hybridized carbons (Fsp3) is 0.267. The number of benzene rings is 1. The molecule has 0 aliphatic heterocycles. The maximum Gasteiger partial charge on any atom is 0.218 e. The molecule has 2 rings (SSSR count). The van der Waals surface area contributed by atoms with Crippen molar-refractivity contribution in [1.29, 1.82) is 5.26 Å². The van der Waals surface area contributed by atoms with E-state index in [1.165, 1.54) is 18.5 Å². The highest BCUT2D eigenvalue weighted by Gasteiger charge is 2.13. The second kappa shape index (κ2) is 5.75. The lowest BCUT2D eigenvalue weighted by Gasteiger charge is -2.20. The lowest BCUT2D eigenvalue weighted by Crippen LogP contribution is -2.23.